The van der Waals surface area contributed by atoms with E-state index in [0.29, 0.717) is 24.7 Å². The number of hydrogen-bond acceptors (Lipinski definition) is 5. The van der Waals surface area contributed by atoms with E-state index < -0.39 is 0 Å². The summed E-state index contributed by atoms with van der Waals surface area (Å²) in [5.41, 5.74) is 3.36. The Morgan fingerprint density at radius 1 is 1.11 bits per heavy atom. The zero-order chi connectivity index (χ0) is 19.1. The van der Waals surface area contributed by atoms with Crippen LogP contribution >= 0.6 is 11.8 Å². The van der Waals surface area contributed by atoms with Crippen LogP contribution in [0.1, 0.15) is 23.4 Å². The molecule has 0 fully saturated rings. The van der Waals surface area contributed by atoms with Crippen molar-refractivity contribution in [1.29, 1.82) is 0 Å². The molecule has 0 radical (unpaired) electrons. The van der Waals surface area contributed by atoms with E-state index in [1.54, 1.807) is 23.7 Å². The second kappa shape index (κ2) is 9.37. The second-order valence-electron chi connectivity index (χ2n) is 6.42. The molecule has 3 aromatic rings. The Labute approximate surface area is 163 Å². The number of rotatable bonds is 8. The molecule has 6 heteroatoms. The summed E-state index contributed by atoms with van der Waals surface area (Å²) in [6.45, 7) is 2.35. The molecule has 5 nitrogen and oxygen atoms in total. The molecule has 2 aromatic carbocycles. The highest BCUT2D eigenvalue weighted by molar-refractivity contribution is 7.98. The van der Waals surface area contributed by atoms with Crippen LogP contribution in [0.15, 0.2) is 59.1 Å². The molecular weight excluding hydrogens is 358 g/mol. The maximum absolute atomic E-state index is 12.3. The van der Waals surface area contributed by atoms with Crippen molar-refractivity contribution < 1.29 is 9.32 Å². The molecule has 0 aliphatic carbocycles. The first-order valence-electron chi connectivity index (χ1n) is 8.87. The number of carbonyl (C=O) groups is 1. The molecule has 0 aliphatic rings. The largest absolute Gasteiger partial charge is 0.337 e. The van der Waals surface area contributed by atoms with Crippen LogP contribution in [0.3, 0.4) is 0 Å². The number of aromatic nitrogens is 2. The minimum absolute atomic E-state index is 0.0747. The fourth-order valence-electron chi connectivity index (χ4n) is 2.54. The number of benzene rings is 2. The molecule has 140 valence electrons. The quantitative estimate of drug-likeness (QED) is 0.544. The van der Waals surface area contributed by atoms with Gasteiger partial charge in [0.15, 0.2) is 0 Å². The lowest BCUT2D eigenvalue weighted by Crippen LogP contribution is -2.26. The molecule has 0 atom stereocenters. The van der Waals surface area contributed by atoms with Crippen LogP contribution in [0.2, 0.25) is 0 Å². The van der Waals surface area contributed by atoms with Crippen molar-refractivity contribution in [2.24, 2.45) is 0 Å². The van der Waals surface area contributed by atoms with E-state index in [0.717, 1.165) is 17.1 Å². The molecule has 0 aliphatic heterocycles. The smallest absolute Gasteiger partial charge is 0.246 e. The van der Waals surface area contributed by atoms with Gasteiger partial charge in [-0.2, -0.15) is 16.7 Å². The Kier molecular flexibility index (Phi) is 6.65. The molecule has 0 unspecified atom stereocenters. The predicted molar refractivity (Wildman–Crippen MR) is 108 cm³/mol. The summed E-state index contributed by atoms with van der Waals surface area (Å²) < 4.78 is 5.29. The predicted octanol–water partition coefficient (Wildman–Crippen LogP) is 4.33. The van der Waals surface area contributed by atoms with E-state index in [1.807, 2.05) is 49.4 Å². The van der Waals surface area contributed by atoms with Gasteiger partial charge in [-0.1, -0.05) is 65.3 Å². The highest BCUT2D eigenvalue weighted by atomic mass is 32.2. The van der Waals surface area contributed by atoms with E-state index in [1.165, 1.54) is 11.1 Å². The standard InChI is InChI=1S/C21H23N3O2S/c1-16-8-10-18(11-9-16)21-22-19(26-23-21)14-24(2)20(25)12-13-27-15-17-6-4-3-5-7-17/h3-11H,12-15H2,1-2H3. The summed E-state index contributed by atoms with van der Waals surface area (Å²) in [4.78, 5) is 18.3. The van der Waals surface area contributed by atoms with Crippen LogP contribution in [-0.2, 0) is 17.1 Å². The van der Waals surface area contributed by atoms with Crippen molar-refractivity contribution in [3.8, 4) is 11.4 Å². The van der Waals surface area contributed by atoms with Crippen molar-refractivity contribution in [1.82, 2.24) is 15.0 Å². The first-order valence-corrected chi connectivity index (χ1v) is 10.0. The first-order chi connectivity index (χ1) is 13.1. The Bertz CT molecular complexity index is 863. The minimum Gasteiger partial charge on any atom is -0.337 e. The molecule has 0 bridgehead atoms. The minimum atomic E-state index is 0.0747. The monoisotopic (exact) mass is 381 g/mol. The Balaban J connectivity index is 1.45. The van der Waals surface area contributed by atoms with Gasteiger partial charge in [-0.05, 0) is 12.5 Å². The molecule has 0 saturated heterocycles. The third-order valence-corrected chi connectivity index (χ3v) is 5.18. The highest BCUT2D eigenvalue weighted by Crippen LogP contribution is 2.17. The molecule has 1 heterocycles. The van der Waals surface area contributed by atoms with Crippen LogP contribution in [0.25, 0.3) is 11.4 Å². The molecule has 1 amide bonds. The third kappa shape index (κ3) is 5.69. The molecule has 27 heavy (non-hydrogen) atoms. The average molecular weight is 382 g/mol. The maximum Gasteiger partial charge on any atom is 0.246 e. The zero-order valence-corrected chi connectivity index (χ0v) is 16.4. The lowest BCUT2D eigenvalue weighted by molar-refractivity contribution is -0.130. The normalized spacial score (nSPS) is 10.7. The van der Waals surface area contributed by atoms with Gasteiger partial charge in [-0.25, -0.2) is 0 Å². The van der Waals surface area contributed by atoms with Gasteiger partial charge >= 0.3 is 0 Å². The first kappa shape index (κ1) is 19.2. The molecule has 1 aromatic heterocycles. The molecule has 0 saturated carbocycles. The molecule has 3 rings (SSSR count). The van der Waals surface area contributed by atoms with E-state index in [4.69, 9.17) is 4.52 Å². The summed E-state index contributed by atoms with van der Waals surface area (Å²) in [7, 11) is 1.76. The van der Waals surface area contributed by atoms with Crippen LogP contribution in [-0.4, -0.2) is 33.7 Å². The zero-order valence-electron chi connectivity index (χ0n) is 15.6. The number of aryl methyl sites for hydroxylation is 1. The van der Waals surface area contributed by atoms with Gasteiger partial charge in [-0.3, -0.25) is 4.79 Å². The van der Waals surface area contributed by atoms with Crippen molar-refractivity contribution in [3.05, 3.63) is 71.6 Å². The fourth-order valence-corrected chi connectivity index (χ4v) is 3.44. The Morgan fingerprint density at radius 2 is 1.85 bits per heavy atom. The fraction of sp³-hybridized carbons (Fsp3) is 0.286. The van der Waals surface area contributed by atoms with E-state index in [2.05, 4.69) is 22.3 Å². The Hall–Kier alpha value is -2.60. The average Bonchev–Trinajstić information content (AvgIpc) is 3.15. The lowest BCUT2D eigenvalue weighted by Gasteiger charge is -2.14. The van der Waals surface area contributed by atoms with Crippen molar-refractivity contribution in [2.75, 3.05) is 12.8 Å². The lowest BCUT2D eigenvalue weighted by atomic mass is 10.1. The summed E-state index contributed by atoms with van der Waals surface area (Å²) in [5.74, 6) is 2.77. The van der Waals surface area contributed by atoms with E-state index in [-0.39, 0.29) is 5.91 Å². The molecule has 0 N–H and O–H groups in total. The number of carbonyl (C=O) groups excluding carboxylic acids is 1. The highest BCUT2D eigenvalue weighted by Gasteiger charge is 2.14. The van der Waals surface area contributed by atoms with Crippen molar-refractivity contribution in [2.45, 2.75) is 25.6 Å². The van der Waals surface area contributed by atoms with Crippen LogP contribution in [0, 0.1) is 6.92 Å². The van der Waals surface area contributed by atoms with Crippen molar-refractivity contribution >= 4 is 17.7 Å². The molecular formula is C21H23N3O2S. The summed E-state index contributed by atoms with van der Waals surface area (Å²) >= 11 is 1.76. The van der Waals surface area contributed by atoms with Crippen LogP contribution in [0.5, 0.6) is 0 Å². The van der Waals surface area contributed by atoms with Gasteiger partial charge < -0.3 is 9.42 Å². The summed E-state index contributed by atoms with van der Waals surface area (Å²) in [5, 5.41) is 4.01. The summed E-state index contributed by atoms with van der Waals surface area (Å²) in [6.07, 6.45) is 0.493. The topological polar surface area (TPSA) is 59.2 Å². The van der Waals surface area contributed by atoms with E-state index in [9.17, 15) is 4.79 Å². The number of hydrogen-bond donors (Lipinski definition) is 0. The van der Waals surface area contributed by atoms with Gasteiger partial charge in [0.25, 0.3) is 0 Å². The van der Waals surface area contributed by atoms with Gasteiger partial charge in [0.1, 0.15) is 0 Å². The SMILES string of the molecule is Cc1ccc(-c2noc(CN(C)C(=O)CCSCc3ccccc3)n2)cc1. The third-order valence-electron chi connectivity index (χ3n) is 4.15. The van der Waals surface area contributed by atoms with Crippen LogP contribution < -0.4 is 0 Å². The molecule has 0 spiro atoms. The number of amides is 1. The van der Waals surface area contributed by atoms with Gasteiger partial charge in [0.2, 0.25) is 17.6 Å². The van der Waals surface area contributed by atoms with Gasteiger partial charge in [0, 0.05) is 30.5 Å². The maximum atomic E-state index is 12.3. The number of thioether (sulfide) groups is 1. The van der Waals surface area contributed by atoms with Crippen molar-refractivity contribution in [3.63, 3.8) is 0 Å². The van der Waals surface area contributed by atoms with Gasteiger partial charge in [-0.15, -0.1) is 0 Å². The Morgan fingerprint density at radius 3 is 2.59 bits per heavy atom. The van der Waals surface area contributed by atoms with Crippen LogP contribution in [0.4, 0.5) is 0 Å². The number of nitrogens with zero attached hydrogens (tertiary/aromatic N) is 3. The van der Waals surface area contributed by atoms with Gasteiger partial charge in [0.05, 0.1) is 6.54 Å². The second-order valence-corrected chi connectivity index (χ2v) is 7.52. The van der Waals surface area contributed by atoms with E-state index >= 15 is 0 Å². The summed E-state index contributed by atoms with van der Waals surface area (Å²) in [6, 6.07) is 18.2.